The van der Waals surface area contributed by atoms with Crippen LogP contribution in [0.1, 0.15) is 46.5 Å². The number of hydrogen-bond acceptors (Lipinski definition) is 5. The quantitative estimate of drug-likeness (QED) is 0.457. The largest absolute Gasteiger partial charge is 0.460 e. The van der Waals surface area contributed by atoms with E-state index in [4.69, 9.17) is 9.99 Å². The molecule has 1 fully saturated rings. The zero-order valence-corrected chi connectivity index (χ0v) is 10.6. The van der Waals surface area contributed by atoms with Crippen LogP contribution in [-0.4, -0.2) is 22.8 Å². The van der Waals surface area contributed by atoms with Crippen molar-refractivity contribution >= 4 is 11.9 Å². The Bertz CT molecular complexity index is 284. The molecule has 0 aromatic rings. The van der Waals surface area contributed by atoms with Gasteiger partial charge in [0.2, 0.25) is 0 Å². The van der Waals surface area contributed by atoms with Crippen molar-refractivity contribution in [2.24, 2.45) is 11.8 Å². The van der Waals surface area contributed by atoms with Crippen molar-refractivity contribution in [3.63, 3.8) is 0 Å². The second-order valence-electron chi connectivity index (χ2n) is 5.49. The van der Waals surface area contributed by atoms with Crippen LogP contribution in [0.25, 0.3) is 0 Å². The Morgan fingerprint density at radius 2 is 1.41 bits per heavy atom. The summed E-state index contributed by atoms with van der Waals surface area (Å²) in [5, 5.41) is 8.27. The number of esters is 1. The summed E-state index contributed by atoms with van der Waals surface area (Å²) in [6.45, 7) is 5.50. The first kappa shape index (κ1) is 14.0. The van der Waals surface area contributed by atoms with E-state index in [1.807, 2.05) is 20.8 Å². The lowest BCUT2D eigenvalue weighted by atomic mass is 9.82. The summed E-state index contributed by atoms with van der Waals surface area (Å²) in [6.07, 6.45) is 2.33. The molecule has 1 rings (SSSR count). The molecule has 0 aromatic heterocycles. The fourth-order valence-corrected chi connectivity index (χ4v) is 2.02. The molecule has 0 bridgehead atoms. The number of carbonyl (C=O) groups excluding carboxylic acids is 2. The van der Waals surface area contributed by atoms with Gasteiger partial charge in [-0.05, 0) is 46.5 Å². The van der Waals surface area contributed by atoms with Crippen molar-refractivity contribution < 1.29 is 24.5 Å². The van der Waals surface area contributed by atoms with E-state index in [0.717, 1.165) is 0 Å². The lowest BCUT2D eigenvalue weighted by molar-refractivity contribution is -0.240. The predicted octanol–water partition coefficient (Wildman–Crippen LogP) is 2.15. The maximum Gasteiger partial charge on any atom is 0.345 e. The van der Waals surface area contributed by atoms with E-state index in [9.17, 15) is 9.59 Å². The van der Waals surface area contributed by atoms with Crippen LogP contribution >= 0.6 is 0 Å². The molecule has 0 atom stereocenters. The summed E-state index contributed by atoms with van der Waals surface area (Å²) in [5.41, 5.74) is -0.474. The van der Waals surface area contributed by atoms with Crippen molar-refractivity contribution in [3.8, 4) is 0 Å². The van der Waals surface area contributed by atoms with Gasteiger partial charge in [-0.25, -0.2) is 4.79 Å². The summed E-state index contributed by atoms with van der Waals surface area (Å²) in [6, 6.07) is 0. The van der Waals surface area contributed by atoms with Crippen molar-refractivity contribution in [3.05, 3.63) is 0 Å². The van der Waals surface area contributed by atoms with Crippen molar-refractivity contribution in [1.82, 2.24) is 0 Å². The lowest BCUT2D eigenvalue weighted by Gasteiger charge is -2.28. The topological polar surface area (TPSA) is 72.8 Å². The number of rotatable bonds is 2. The Balaban J connectivity index is 2.42. The maximum absolute atomic E-state index is 11.8. The molecule has 0 heterocycles. The average Bonchev–Trinajstić information content (AvgIpc) is 2.26. The molecule has 0 radical (unpaired) electrons. The van der Waals surface area contributed by atoms with Gasteiger partial charge in [-0.3, -0.25) is 4.79 Å². The fraction of sp³-hybridized carbons (Fsp3) is 0.833. The summed E-state index contributed by atoms with van der Waals surface area (Å²) < 4.78 is 5.29. The highest BCUT2D eigenvalue weighted by molar-refractivity contribution is 5.75. The second-order valence-corrected chi connectivity index (χ2v) is 5.49. The van der Waals surface area contributed by atoms with Gasteiger partial charge in [-0.2, -0.15) is 5.26 Å². The average molecular weight is 244 g/mol. The highest BCUT2D eigenvalue weighted by Gasteiger charge is 2.33. The Morgan fingerprint density at radius 3 is 1.76 bits per heavy atom. The molecule has 1 N–H and O–H groups in total. The van der Waals surface area contributed by atoms with E-state index in [1.165, 1.54) is 0 Å². The number of hydrogen-bond donors (Lipinski definition) is 1. The zero-order valence-electron chi connectivity index (χ0n) is 10.6. The van der Waals surface area contributed by atoms with E-state index in [2.05, 4.69) is 4.89 Å². The van der Waals surface area contributed by atoms with Gasteiger partial charge in [-0.1, -0.05) is 0 Å². The van der Waals surface area contributed by atoms with E-state index in [1.54, 1.807) is 0 Å². The molecule has 1 saturated carbocycles. The van der Waals surface area contributed by atoms with E-state index < -0.39 is 11.6 Å². The Morgan fingerprint density at radius 1 is 1.00 bits per heavy atom. The first-order chi connectivity index (χ1) is 7.83. The van der Waals surface area contributed by atoms with Crippen LogP contribution in [0.4, 0.5) is 0 Å². The summed E-state index contributed by atoms with van der Waals surface area (Å²) in [7, 11) is 0. The molecule has 5 nitrogen and oxygen atoms in total. The predicted molar refractivity (Wildman–Crippen MR) is 60.0 cm³/mol. The Labute approximate surface area is 101 Å². The summed E-state index contributed by atoms with van der Waals surface area (Å²) in [4.78, 5) is 26.6. The van der Waals surface area contributed by atoms with E-state index >= 15 is 0 Å². The third-order valence-electron chi connectivity index (χ3n) is 2.89. The lowest BCUT2D eigenvalue weighted by Crippen LogP contribution is -2.32. The first-order valence-corrected chi connectivity index (χ1v) is 5.91. The van der Waals surface area contributed by atoms with Crippen LogP contribution in [0.5, 0.6) is 0 Å². The number of carbonyl (C=O) groups is 2. The fourth-order valence-electron chi connectivity index (χ4n) is 2.02. The van der Waals surface area contributed by atoms with Gasteiger partial charge in [0, 0.05) is 0 Å². The summed E-state index contributed by atoms with van der Waals surface area (Å²) >= 11 is 0. The van der Waals surface area contributed by atoms with Gasteiger partial charge in [-0.15, -0.1) is 0 Å². The van der Waals surface area contributed by atoms with Gasteiger partial charge in [0.05, 0.1) is 11.8 Å². The Hall–Kier alpha value is -1.10. The molecular formula is C12H20O5. The normalized spacial score (nSPS) is 25.2. The van der Waals surface area contributed by atoms with Gasteiger partial charge in [0.25, 0.3) is 0 Å². The molecule has 0 amide bonds. The number of ether oxygens (including phenoxy) is 1. The SMILES string of the molecule is CC(C)(C)OC(=O)C1CCC(C(=O)OO)CC1. The molecule has 0 spiro atoms. The van der Waals surface area contributed by atoms with E-state index in [0.29, 0.717) is 25.7 Å². The van der Waals surface area contributed by atoms with Crippen LogP contribution in [0.2, 0.25) is 0 Å². The highest BCUT2D eigenvalue weighted by Crippen LogP contribution is 2.31. The van der Waals surface area contributed by atoms with Crippen molar-refractivity contribution in [2.45, 2.75) is 52.1 Å². The molecule has 5 heteroatoms. The molecule has 0 saturated heterocycles. The van der Waals surface area contributed by atoms with Crippen LogP contribution in [-0.2, 0) is 19.2 Å². The molecule has 1 aliphatic carbocycles. The standard InChI is InChI=1S/C12H20O5/c1-12(2,3)16-10(13)8-4-6-9(7-5-8)11(14)17-15/h8-9,15H,4-7H2,1-3H3. The van der Waals surface area contributed by atoms with Crippen molar-refractivity contribution in [1.29, 1.82) is 0 Å². The molecule has 0 unspecified atom stereocenters. The van der Waals surface area contributed by atoms with Crippen LogP contribution in [0.3, 0.4) is 0 Å². The van der Waals surface area contributed by atoms with Crippen molar-refractivity contribution in [2.75, 3.05) is 0 Å². The van der Waals surface area contributed by atoms with E-state index in [-0.39, 0.29) is 17.8 Å². The molecule has 1 aliphatic rings. The van der Waals surface area contributed by atoms with Gasteiger partial charge in [0.1, 0.15) is 5.60 Å². The first-order valence-electron chi connectivity index (χ1n) is 5.91. The molecule has 98 valence electrons. The van der Waals surface area contributed by atoms with Gasteiger partial charge < -0.3 is 9.62 Å². The van der Waals surface area contributed by atoms with Gasteiger partial charge >= 0.3 is 11.9 Å². The minimum Gasteiger partial charge on any atom is -0.460 e. The molecular weight excluding hydrogens is 224 g/mol. The zero-order chi connectivity index (χ0) is 13.1. The maximum atomic E-state index is 11.8. The smallest absolute Gasteiger partial charge is 0.345 e. The molecule has 0 aliphatic heterocycles. The molecule has 0 aromatic carbocycles. The molecule has 17 heavy (non-hydrogen) atoms. The minimum atomic E-state index is -0.604. The van der Waals surface area contributed by atoms with Gasteiger partial charge in [0.15, 0.2) is 0 Å². The van der Waals surface area contributed by atoms with Crippen LogP contribution in [0.15, 0.2) is 0 Å². The second kappa shape index (κ2) is 5.49. The van der Waals surface area contributed by atoms with Crippen LogP contribution in [0, 0.1) is 11.8 Å². The highest BCUT2D eigenvalue weighted by atomic mass is 17.1. The Kier molecular flexibility index (Phi) is 4.51. The third kappa shape index (κ3) is 4.34. The minimum absolute atomic E-state index is 0.142. The van der Waals surface area contributed by atoms with Crippen LogP contribution < -0.4 is 0 Å². The third-order valence-corrected chi connectivity index (χ3v) is 2.89. The summed E-state index contributed by atoms with van der Waals surface area (Å²) in [5.74, 6) is -1.24. The monoisotopic (exact) mass is 244 g/mol.